The summed E-state index contributed by atoms with van der Waals surface area (Å²) in [5, 5.41) is 8.66. The smallest absolute Gasteiger partial charge is 0.416 e. The van der Waals surface area contributed by atoms with Crippen molar-refractivity contribution in [2.45, 2.75) is 59.6 Å². The second-order valence-electron chi connectivity index (χ2n) is 5.41. The number of alkyl halides is 3. The van der Waals surface area contributed by atoms with Crippen LogP contribution >= 0.6 is 0 Å². The highest BCUT2D eigenvalue weighted by molar-refractivity contribution is 5.66. The molecule has 0 aromatic heterocycles. The molecule has 0 aliphatic carbocycles. The van der Waals surface area contributed by atoms with Gasteiger partial charge in [-0.1, -0.05) is 27.7 Å². The molecule has 1 heterocycles. The van der Waals surface area contributed by atoms with Crippen molar-refractivity contribution in [2.75, 3.05) is 18.0 Å². The zero-order valence-electron chi connectivity index (χ0n) is 15.6. The topological polar surface area (TPSA) is 40.5 Å². The zero-order valence-corrected chi connectivity index (χ0v) is 15.6. The minimum absolute atomic E-state index is 0.185. The molecule has 0 atom stereocenters. The number of aliphatic carboxylic acids is 1. The van der Waals surface area contributed by atoms with Crippen molar-refractivity contribution in [3.8, 4) is 0 Å². The van der Waals surface area contributed by atoms with Gasteiger partial charge in [-0.05, 0) is 49.4 Å². The van der Waals surface area contributed by atoms with Gasteiger partial charge in [-0.15, -0.1) is 0 Å². The quantitative estimate of drug-likeness (QED) is 0.732. The van der Waals surface area contributed by atoms with Crippen molar-refractivity contribution >= 4 is 11.7 Å². The molecule has 0 bridgehead atoms. The van der Waals surface area contributed by atoms with Gasteiger partial charge < -0.3 is 10.0 Å². The van der Waals surface area contributed by atoms with Crippen molar-refractivity contribution in [3.05, 3.63) is 29.8 Å². The van der Waals surface area contributed by atoms with E-state index in [0.29, 0.717) is 12.3 Å². The molecule has 25 heavy (non-hydrogen) atoms. The summed E-state index contributed by atoms with van der Waals surface area (Å²) >= 11 is 0. The summed E-state index contributed by atoms with van der Waals surface area (Å²) in [6, 6.07) is 5.21. The largest absolute Gasteiger partial charge is 0.481 e. The van der Waals surface area contributed by atoms with E-state index in [1.54, 1.807) is 0 Å². The second-order valence-corrected chi connectivity index (χ2v) is 5.41. The third-order valence-electron chi connectivity index (χ3n) is 3.94. The van der Waals surface area contributed by atoms with Gasteiger partial charge in [-0.2, -0.15) is 13.2 Å². The second kappa shape index (κ2) is 11.8. The minimum atomic E-state index is -4.30. The van der Waals surface area contributed by atoms with Crippen molar-refractivity contribution in [1.82, 2.24) is 0 Å². The lowest BCUT2D eigenvalue weighted by Gasteiger charge is -2.33. The molecule has 1 aliphatic rings. The summed E-state index contributed by atoms with van der Waals surface area (Å²) in [7, 11) is 0. The summed E-state index contributed by atoms with van der Waals surface area (Å²) in [6.07, 6.45) is -1.67. The molecule has 0 amide bonds. The Hall–Kier alpha value is -1.72. The standard InChI is InChI=1S/C15H18F3NO2.2C2H6/c16-15(17,18)12-2-4-13(5-3-12)19-9-7-11(8-10-19)1-6-14(20)21;2*1-2/h2-5,11H,1,6-10H2,(H,20,21);2*1-2H3. The molecule has 1 fully saturated rings. The molecule has 2 rings (SSSR count). The Morgan fingerprint density at radius 2 is 1.56 bits per heavy atom. The lowest BCUT2D eigenvalue weighted by atomic mass is 9.92. The average Bonchev–Trinajstić information content (AvgIpc) is 2.63. The van der Waals surface area contributed by atoms with E-state index in [-0.39, 0.29) is 6.42 Å². The van der Waals surface area contributed by atoms with Crippen LogP contribution in [0.3, 0.4) is 0 Å². The molecule has 0 saturated carbocycles. The molecule has 1 aromatic carbocycles. The van der Waals surface area contributed by atoms with E-state index in [2.05, 4.69) is 4.90 Å². The van der Waals surface area contributed by atoms with E-state index in [9.17, 15) is 18.0 Å². The van der Waals surface area contributed by atoms with E-state index in [1.807, 2.05) is 27.7 Å². The SMILES string of the molecule is CC.CC.O=C(O)CCC1CCN(c2ccc(C(F)(F)F)cc2)CC1. The van der Waals surface area contributed by atoms with Crippen molar-refractivity contribution in [3.63, 3.8) is 0 Å². The van der Waals surface area contributed by atoms with Crippen LogP contribution in [-0.4, -0.2) is 24.2 Å². The molecular formula is C19H30F3NO2. The Morgan fingerprint density at radius 3 is 1.96 bits per heavy atom. The van der Waals surface area contributed by atoms with Gasteiger partial charge in [0.05, 0.1) is 5.56 Å². The molecule has 0 radical (unpaired) electrons. The number of piperidine rings is 1. The van der Waals surface area contributed by atoms with Gasteiger partial charge in [-0.25, -0.2) is 0 Å². The maximum Gasteiger partial charge on any atom is 0.416 e. The lowest BCUT2D eigenvalue weighted by molar-refractivity contribution is -0.138. The lowest BCUT2D eigenvalue weighted by Crippen LogP contribution is -2.33. The van der Waals surface area contributed by atoms with Crippen LogP contribution in [0.4, 0.5) is 18.9 Å². The fourth-order valence-corrected chi connectivity index (χ4v) is 2.67. The fraction of sp³-hybridized carbons (Fsp3) is 0.632. The zero-order chi connectivity index (χ0) is 19.5. The Balaban J connectivity index is 0.00000134. The fourth-order valence-electron chi connectivity index (χ4n) is 2.67. The average molecular weight is 361 g/mol. The Bertz CT molecular complexity index is 478. The van der Waals surface area contributed by atoms with Crippen LogP contribution in [0.1, 0.15) is 58.9 Å². The van der Waals surface area contributed by atoms with Crippen molar-refractivity contribution in [2.24, 2.45) is 5.92 Å². The Kier molecular flexibility index (Phi) is 11.0. The predicted octanol–water partition coefficient (Wildman–Crippen LogP) is 5.84. The van der Waals surface area contributed by atoms with Gasteiger partial charge in [0.1, 0.15) is 0 Å². The van der Waals surface area contributed by atoms with Crippen LogP contribution in [0, 0.1) is 5.92 Å². The number of carboxylic acid groups (broad SMARTS) is 1. The first-order valence-electron chi connectivity index (χ1n) is 9.00. The Labute approximate surface area is 148 Å². The van der Waals surface area contributed by atoms with Crippen molar-refractivity contribution < 1.29 is 23.1 Å². The van der Waals surface area contributed by atoms with Gasteiger partial charge in [-0.3, -0.25) is 4.79 Å². The van der Waals surface area contributed by atoms with Gasteiger partial charge in [0, 0.05) is 25.2 Å². The summed E-state index contributed by atoms with van der Waals surface area (Å²) in [5.41, 5.74) is 0.155. The highest BCUT2D eigenvalue weighted by Crippen LogP contribution is 2.32. The molecule has 3 nitrogen and oxygen atoms in total. The van der Waals surface area contributed by atoms with Crippen LogP contribution in [0.25, 0.3) is 0 Å². The molecule has 1 aromatic rings. The summed E-state index contributed by atoms with van der Waals surface area (Å²) in [6.45, 7) is 9.52. The number of hydrogen-bond donors (Lipinski definition) is 1. The molecule has 1 saturated heterocycles. The number of rotatable bonds is 4. The molecule has 144 valence electrons. The van der Waals surface area contributed by atoms with Crippen LogP contribution in [-0.2, 0) is 11.0 Å². The number of carboxylic acids is 1. The highest BCUT2D eigenvalue weighted by atomic mass is 19.4. The summed E-state index contributed by atoms with van der Waals surface area (Å²) in [4.78, 5) is 12.6. The number of anilines is 1. The number of nitrogens with zero attached hydrogens (tertiary/aromatic N) is 1. The van der Waals surface area contributed by atoms with E-state index in [0.717, 1.165) is 43.8 Å². The highest BCUT2D eigenvalue weighted by Gasteiger charge is 2.30. The normalized spacial score (nSPS) is 14.8. The number of halogens is 3. The molecule has 0 spiro atoms. The molecule has 0 unspecified atom stereocenters. The van der Waals surface area contributed by atoms with Crippen LogP contribution < -0.4 is 4.90 Å². The maximum atomic E-state index is 12.5. The molecule has 6 heteroatoms. The van der Waals surface area contributed by atoms with Crippen molar-refractivity contribution in [1.29, 1.82) is 0 Å². The molecule has 1 aliphatic heterocycles. The summed E-state index contributed by atoms with van der Waals surface area (Å²) < 4.78 is 37.5. The van der Waals surface area contributed by atoms with E-state index < -0.39 is 17.7 Å². The maximum absolute atomic E-state index is 12.5. The monoisotopic (exact) mass is 361 g/mol. The van der Waals surface area contributed by atoms with E-state index in [4.69, 9.17) is 5.11 Å². The number of hydrogen-bond acceptors (Lipinski definition) is 2. The molecular weight excluding hydrogens is 331 g/mol. The van der Waals surface area contributed by atoms with E-state index in [1.165, 1.54) is 12.1 Å². The van der Waals surface area contributed by atoms with Gasteiger partial charge in [0.25, 0.3) is 0 Å². The third kappa shape index (κ3) is 8.27. The number of benzene rings is 1. The van der Waals surface area contributed by atoms with Gasteiger partial charge >= 0.3 is 12.1 Å². The number of carbonyl (C=O) groups is 1. The van der Waals surface area contributed by atoms with Crippen LogP contribution in [0.5, 0.6) is 0 Å². The van der Waals surface area contributed by atoms with E-state index >= 15 is 0 Å². The third-order valence-corrected chi connectivity index (χ3v) is 3.94. The Morgan fingerprint density at radius 1 is 1.08 bits per heavy atom. The van der Waals surface area contributed by atoms with Gasteiger partial charge in [0.2, 0.25) is 0 Å². The van der Waals surface area contributed by atoms with Crippen LogP contribution in [0.15, 0.2) is 24.3 Å². The first-order chi connectivity index (χ1) is 11.9. The van der Waals surface area contributed by atoms with Crippen LogP contribution in [0.2, 0.25) is 0 Å². The molecule has 1 N–H and O–H groups in total. The first-order valence-corrected chi connectivity index (χ1v) is 9.00. The first kappa shape index (κ1) is 23.3. The predicted molar refractivity (Wildman–Crippen MR) is 95.9 cm³/mol. The minimum Gasteiger partial charge on any atom is -0.481 e. The van der Waals surface area contributed by atoms with Gasteiger partial charge in [0.15, 0.2) is 0 Å². The summed E-state index contributed by atoms with van der Waals surface area (Å²) in [5.74, 6) is -0.382.